The molecular weight excluding hydrogens is 244 g/mol. The van der Waals surface area contributed by atoms with Crippen LogP contribution in [0.25, 0.3) is 5.69 Å². The summed E-state index contributed by atoms with van der Waals surface area (Å²) in [6, 6.07) is 7.26. The van der Waals surface area contributed by atoms with E-state index in [9.17, 15) is 4.79 Å². The van der Waals surface area contributed by atoms with E-state index in [1.54, 1.807) is 7.11 Å². The number of aromatic amines is 1. The Morgan fingerprint density at radius 2 is 2.16 bits per heavy atom. The Balaban J connectivity index is 1.93. The van der Waals surface area contributed by atoms with Gasteiger partial charge in [0.1, 0.15) is 11.6 Å². The first-order valence-electron chi connectivity index (χ1n) is 6.32. The molecule has 0 aliphatic carbocycles. The van der Waals surface area contributed by atoms with Gasteiger partial charge in [-0.15, -0.1) is 5.10 Å². The summed E-state index contributed by atoms with van der Waals surface area (Å²) in [7, 11) is 1.61. The molecule has 1 unspecified atom stereocenters. The molecule has 0 amide bonds. The molecule has 19 heavy (non-hydrogen) atoms. The zero-order valence-electron chi connectivity index (χ0n) is 10.7. The van der Waals surface area contributed by atoms with Gasteiger partial charge in [0.2, 0.25) is 0 Å². The third-order valence-corrected chi connectivity index (χ3v) is 3.40. The van der Waals surface area contributed by atoms with E-state index in [-0.39, 0.29) is 5.69 Å². The van der Waals surface area contributed by atoms with E-state index in [0.29, 0.717) is 5.92 Å². The highest BCUT2D eigenvalue weighted by Gasteiger charge is 2.21. The van der Waals surface area contributed by atoms with Crippen molar-refractivity contribution in [3.05, 3.63) is 40.6 Å². The van der Waals surface area contributed by atoms with Gasteiger partial charge in [-0.25, -0.2) is 4.79 Å². The molecule has 0 spiro atoms. The van der Waals surface area contributed by atoms with Crippen LogP contribution >= 0.6 is 0 Å². The van der Waals surface area contributed by atoms with Crippen molar-refractivity contribution in [2.75, 3.05) is 20.2 Å². The molecule has 1 saturated heterocycles. The van der Waals surface area contributed by atoms with E-state index >= 15 is 0 Å². The van der Waals surface area contributed by atoms with E-state index < -0.39 is 0 Å². The van der Waals surface area contributed by atoms with Crippen molar-refractivity contribution in [2.45, 2.75) is 12.3 Å². The van der Waals surface area contributed by atoms with Crippen LogP contribution < -0.4 is 15.7 Å². The van der Waals surface area contributed by atoms with Crippen LogP contribution in [0.1, 0.15) is 18.2 Å². The molecule has 1 atom stereocenters. The standard InChI is InChI=1S/C13H16N4O2/c1-19-11-4-2-10(3-5-11)17-13(18)15-12(16-17)9-6-7-14-8-9/h2-5,9,14H,6-8H2,1H3,(H,15,16,18). The lowest BCUT2D eigenvalue weighted by Crippen LogP contribution is -2.15. The molecule has 1 aromatic carbocycles. The third kappa shape index (κ3) is 2.26. The van der Waals surface area contributed by atoms with Gasteiger partial charge in [0.25, 0.3) is 0 Å². The van der Waals surface area contributed by atoms with Crippen LogP contribution in [0.4, 0.5) is 0 Å². The van der Waals surface area contributed by atoms with Crippen molar-refractivity contribution < 1.29 is 4.74 Å². The average Bonchev–Trinajstić information content (AvgIpc) is 3.08. The summed E-state index contributed by atoms with van der Waals surface area (Å²) in [6.45, 7) is 1.84. The molecule has 3 rings (SSSR count). The number of H-pyrrole nitrogens is 1. The maximum Gasteiger partial charge on any atom is 0.348 e. The van der Waals surface area contributed by atoms with Gasteiger partial charge in [0.05, 0.1) is 12.8 Å². The summed E-state index contributed by atoms with van der Waals surface area (Å²) < 4.78 is 6.49. The number of ether oxygens (including phenoxy) is 1. The van der Waals surface area contributed by atoms with Gasteiger partial charge in [0.15, 0.2) is 0 Å². The molecule has 0 radical (unpaired) electrons. The Morgan fingerprint density at radius 3 is 2.79 bits per heavy atom. The number of hydrogen-bond donors (Lipinski definition) is 2. The average molecular weight is 260 g/mol. The second-order valence-corrected chi connectivity index (χ2v) is 4.61. The molecule has 1 aliphatic heterocycles. The summed E-state index contributed by atoms with van der Waals surface area (Å²) in [4.78, 5) is 14.8. The van der Waals surface area contributed by atoms with E-state index in [2.05, 4.69) is 15.4 Å². The zero-order valence-corrected chi connectivity index (χ0v) is 10.7. The fourth-order valence-electron chi connectivity index (χ4n) is 2.31. The maximum absolute atomic E-state index is 11.9. The Labute approximate surface area is 110 Å². The minimum atomic E-state index is -0.202. The molecular formula is C13H16N4O2. The number of methoxy groups -OCH3 is 1. The largest absolute Gasteiger partial charge is 0.497 e. The monoisotopic (exact) mass is 260 g/mol. The molecule has 2 heterocycles. The van der Waals surface area contributed by atoms with E-state index in [0.717, 1.165) is 36.8 Å². The van der Waals surface area contributed by atoms with Crippen molar-refractivity contribution in [1.29, 1.82) is 0 Å². The molecule has 1 fully saturated rings. The predicted molar refractivity (Wildman–Crippen MR) is 71.0 cm³/mol. The fraction of sp³-hybridized carbons (Fsp3) is 0.385. The Bertz CT molecular complexity index is 608. The molecule has 6 heteroatoms. The molecule has 0 saturated carbocycles. The normalized spacial score (nSPS) is 18.7. The number of nitrogens with one attached hydrogen (secondary N) is 2. The lowest BCUT2D eigenvalue weighted by atomic mass is 10.1. The highest BCUT2D eigenvalue weighted by molar-refractivity contribution is 5.36. The smallest absolute Gasteiger partial charge is 0.348 e. The molecule has 2 aromatic rings. The summed E-state index contributed by atoms with van der Waals surface area (Å²) in [5.41, 5.74) is 0.534. The number of hydrogen-bond acceptors (Lipinski definition) is 4. The number of rotatable bonds is 3. The van der Waals surface area contributed by atoms with Crippen LogP contribution in [0.3, 0.4) is 0 Å². The lowest BCUT2D eigenvalue weighted by Gasteiger charge is -2.03. The van der Waals surface area contributed by atoms with Crippen molar-refractivity contribution >= 4 is 0 Å². The lowest BCUT2D eigenvalue weighted by molar-refractivity contribution is 0.414. The summed E-state index contributed by atoms with van der Waals surface area (Å²) in [5, 5.41) is 7.65. The van der Waals surface area contributed by atoms with Crippen LogP contribution in [-0.4, -0.2) is 35.0 Å². The highest BCUT2D eigenvalue weighted by atomic mass is 16.5. The molecule has 1 aliphatic rings. The van der Waals surface area contributed by atoms with Gasteiger partial charge >= 0.3 is 5.69 Å². The third-order valence-electron chi connectivity index (χ3n) is 3.40. The SMILES string of the molecule is COc1ccc(-n2nc(C3CCNC3)[nH]c2=O)cc1. The van der Waals surface area contributed by atoms with E-state index in [1.807, 2.05) is 24.3 Å². The highest BCUT2D eigenvalue weighted by Crippen LogP contribution is 2.18. The summed E-state index contributed by atoms with van der Waals surface area (Å²) in [6.07, 6.45) is 1.01. The van der Waals surface area contributed by atoms with Crippen molar-refractivity contribution in [3.8, 4) is 11.4 Å². The van der Waals surface area contributed by atoms with E-state index in [1.165, 1.54) is 4.68 Å². The van der Waals surface area contributed by atoms with Crippen LogP contribution in [-0.2, 0) is 0 Å². The minimum absolute atomic E-state index is 0.202. The molecule has 100 valence electrons. The van der Waals surface area contributed by atoms with Crippen molar-refractivity contribution in [1.82, 2.24) is 20.1 Å². The second-order valence-electron chi connectivity index (χ2n) is 4.61. The van der Waals surface area contributed by atoms with Crippen LogP contribution in [0, 0.1) is 0 Å². The van der Waals surface area contributed by atoms with Crippen molar-refractivity contribution in [3.63, 3.8) is 0 Å². The van der Waals surface area contributed by atoms with Gasteiger partial charge in [-0.2, -0.15) is 4.68 Å². The number of benzene rings is 1. The fourth-order valence-corrected chi connectivity index (χ4v) is 2.31. The number of nitrogens with zero attached hydrogens (tertiary/aromatic N) is 2. The second kappa shape index (κ2) is 4.89. The van der Waals surface area contributed by atoms with Crippen LogP contribution in [0.2, 0.25) is 0 Å². The molecule has 2 N–H and O–H groups in total. The first-order chi connectivity index (χ1) is 9.28. The predicted octanol–water partition coefficient (Wildman–Crippen LogP) is 0.646. The Kier molecular flexibility index (Phi) is 3.08. The zero-order chi connectivity index (χ0) is 13.2. The quantitative estimate of drug-likeness (QED) is 0.849. The van der Waals surface area contributed by atoms with Gasteiger partial charge in [-0.05, 0) is 37.2 Å². The van der Waals surface area contributed by atoms with Gasteiger partial charge < -0.3 is 10.1 Å². The molecule has 6 nitrogen and oxygen atoms in total. The van der Waals surface area contributed by atoms with Gasteiger partial charge in [-0.1, -0.05) is 0 Å². The molecule has 1 aromatic heterocycles. The van der Waals surface area contributed by atoms with Crippen LogP contribution in [0.15, 0.2) is 29.1 Å². The first-order valence-corrected chi connectivity index (χ1v) is 6.32. The Hall–Kier alpha value is -2.08. The first kappa shape index (κ1) is 12.0. The maximum atomic E-state index is 11.9. The van der Waals surface area contributed by atoms with Gasteiger partial charge in [-0.3, -0.25) is 4.98 Å². The summed E-state index contributed by atoms with van der Waals surface area (Å²) in [5.74, 6) is 1.81. The van der Waals surface area contributed by atoms with Gasteiger partial charge in [0, 0.05) is 12.5 Å². The topological polar surface area (TPSA) is 71.9 Å². The Morgan fingerprint density at radius 1 is 1.37 bits per heavy atom. The van der Waals surface area contributed by atoms with Crippen molar-refractivity contribution in [2.24, 2.45) is 0 Å². The minimum Gasteiger partial charge on any atom is -0.497 e. The van der Waals surface area contributed by atoms with Crippen LogP contribution in [0.5, 0.6) is 5.75 Å². The number of aromatic nitrogens is 3. The van der Waals surface area contributed by atoms with E-state index in [4.69, 9.17) is 4.74 Å². The molecule has 0 bridgehead atoms. The summed E-state index contributed by atoms with van der Waals surface area (Å²) >= 11 is 0.